The van der Waals surface area contributed by atoms with Gasteiger partial charge in [0.25, 0.3) is 0 Å². The molecule has 3 rings (SSSR count). The Labute approximate surface area is 130 Å². The first kappa shape index (κ1) is 14.7. The Kier molecular flexibility index (Phi) is 4.21. The van der Waals surface area contributed by atoms with Crippen molar-refractivity contribution in [1.29, 1.82) is 0 Å². The van der Waals surface area contributed by atoms with Crippen LogP contribution in [0.15, 0.2) is 22.8 Å². The van der Waals surface area contributed by atoms with E-state index in [0.717, 1.165) is 11.3 Å². The number of aromatic nitrogens is 1. The van der Waals surface area contributed by atoms with Crippen molar-refractivity contribution in [2.75, 3.05) is 38.3 Å². The van der Waals surface area contributed by atoms with E-state index in [1.807, 2.05) is 4.90 Å². The molecule has 3 heterocycles. The summed E-state index contributed by atoms with van der Waals surface area (Å²) < 4.78 is 15.1. The number of anilines is 1. The molecule has 7 nitrogen and oxygen atoms in total. The molecule has 0 amide bonds. The zero-order valence-corrected chi connectivity index (χ0v) is 12.7. The number of methoxy groups -OCH3 is 1. The number of rotatable bonds is 4. The van der Waals surface area contributed by atoms with Gasteiger partial charge >= 0.3 is 5.97 Å². The third-order valence-corrected chi connectivity index (χ3v) is 4.34. The van der Waals surface area contributed by atoms with Gasteiger partial charge in [0, 0.05) is 13.1 Å². The van der Waals surface area contributed by atoms with Crippen LogP contribution in [-0.4, -0.2) is 50.1 Å². The number of hydrogen-bond donors (Lipinski definition) is 0. The molecule has 0 aromatic carbocycles. The topological polar surface area (TPSA) is 81.9 Å². The van der Waals surface area contributed by atoms with E-state index in [1.165, 1.54) is 13.4 Å². The van der Waals surface area contributed by atoms with Gasteiger partial charge in [0.1, 0.15) is 4.88 Å². The Morgan fingerprint density at radius 3 is 2.77 bits per heavy atom. The van der Waals surface area contributed by atoms with Crippen LogP contribution < -0.4 is 4.90 Å². The van der Waals surface area contributed by atoms with Gasteiger partial charge in [-0.2, -0.15) is 0 Å². The van der Waals surface area contributed by atoms with E-state index in [-0.39, 0.29) is 22.1 Å². The van der Waals surface area contributed by atoms with Crippen LogP contribution in [-0.2, 0) is 9.47 Å². The van der Waals surface area contributed by atoms with E-state index in [0.29, 0.717) is 31.4 Å². The highest BCUT2D eigenvalue weighted by molar-refractivity contribution is 7.18. The van der Waals surface area contributed by atoms with Gasteiger partial charge in [-0.1, -0.05) is 11.3 Å². The lowest BCUT2D eigenvalue weighted by atomic mass is 10.2. The van der Waals surface area contributed by atoms with Crippen LogP contribution in [0.25, 0.3) is 0 Å². The largest absolute Gasteiger partial charge is 0.464 e. The van der Waals surface area contributed by atoms with E-state index in [4.69, 9.17) is 13.9 Å². The fraction of sp³-hybridized carbons (Fsp3) is 0.357. The number of ether oxygens (including phenoxy) is 2. The zero-order chi connectivity index (χ0) is 15.5. The average Bonchev–Trinajstić information content (AvgIpc) is 3.24. The van der Waals surface area contributed by atoms with Crippen LogP contribution in [0.2, 0.25) is 0 Å². The highest BCUT2D eigenvalue weighted by Crippen LogP contribution is 2.29. The van der Waals surface area contributed by atoms with Crippen molar-refractivity contribution < 1.29 is 23.5 Å². The Morgan fingerprint density at radius 2 is 2.14 bits per heavy atom. The lowest BCUT2D eigenvalue weighted by molar-refractivity contribution is 0.0591. The molecule has 0 aliphatic carbocycles. The maximum Gasteiger partial charge on any atom is 0.358 e. The van der Waals surface area contributed by atoms with Crippen molar-refractivity contribution in [2.24, 2.45) is 0 Å². The second kappa shape index (κ2) is 6.29. The summed E-state index contributed by atoms with van der Waals surface area (Å²) in [6.07, 6.45) is 1.41. The van der Waals surface area contributed by atoms with Crippen molar-refractivity contribution in [3.63, 3.8) is 0 Å². The first-order valence-electron chi connectivity index (χ1n) is 6.70. The number of furan rings is 1. The van der Waals surface area contributed by atoms with Gasteiger partial charge in [0.2, 0.25) is 5.78 Å². The maximum atomic E-state index is 12.5. The maximum absolute atomic E-state index is 12.5. The van der Waals surface area contributed by atoms with Crippen LogP contribution >= 0.6 is 11.3 Å². The van der Waals surface area contributed by atoms with Crippen LogP contribution in [0.5, 0.6) is 0 Å². The molecule has 0 atom stereocenters. The number of carbonyl (C=O) groups excluding carboxylic acids is 2. The standard InChI is InChI=1S/C14H14N2O5S/c1-19-13(18)10-12(11(17)9-3-2-6-21-9)22-14(15-10)16-4-7-20-8-5-16/h2-3,6H,4-5,7-8H2,1H3. The van der Waals surface area contributed by atoms with E-state index < -0.39 is 5.97 Å². The van der Waals surface area contributed by atoms with Crippen LogP contribution in [0, 0.1) is 0 Å². The lowest BCUT2D eigenvalue weighted by Gasteiger charge is -2.25. The van der Waals surface area contributed by atoms with Gasteiger partial charge in [-0.05, 0) is 12.1 Å². The molecule has 1 saturated heterocycles. The monoisotopic (exact) mass is 322 g/mol. The predicted octanol–water partition coefficient (Wildman–Crippen LogP) is 1.59. The number of hydrogen-bond acceptors (Lipinski definition) is 8. The second-order valence-corrected chi connectivity index (χ2v) is 5.55. The molecule has 0 spiro atoms. The summed E-state index contributed by atoms with van der Waals surface area (Å²) in [6, 6.07) is 3.17. The van der Waals surface area contributed by atoms with Gasteiger partial charge < -0.3 is 18.8 Å². The second-order valence-electron chi connectivity index (χ2n) is 4.57. The third kappa shape index (κ3) is 2.75. The van der Waals surface area contributed by atoms with Gasteiger partial charge in [-0.15, -0.1) is 0 Å². The molecule has 0 unspecified atom stereocenters. The molecule has 0 radical (unpaired) electrons. The van der Waals surface area contributed by atoms with Crippen molar-refractivity contribution in [3.05, 3.63) is 34.7 Å². The third-order valence-electron chi connectivity index (χ3n) is 3.23. The van der Waals surface area contributed by atoms with Crippen molar-refractivity contribution >= 4 is 28.2 Å². The van der Waals surface area contributed by atoms with Gasteiger partial charge in [0.15, 0.2) is 16.6 Å². The van der Waals surface area contributed by atoms with Crippen molar-refractivity contribution in [3.8, 4) is 0 Å². The van der Waals surface area contributed by atoms with Crippen molar-refractivity contribution in [1.82, 2.24) is 4.98 Å². The van der Waals surface area contributed by atoms with E-state index >= 15 is 0 Å². The fourth-order valence-electron chi connectivity index (χ4n) is 2.11. The molecule has 22 heavy (non-hydrogen) atoms. The number of nitrogens with zero attached hydrogens (tertiary/aromatic N) is 2. The molecule has 1 aliphatic heterocycles. The van der Waals surface area contributed by atoms with E-state index in [9.17, 15) is 9.59 Å². The summed E-state index contributed by atoms with van der Waals surface area (Å²) >= 11 is 1.16. The van der Waals surface area contributed by atoms with Gasteiger partial charge in [-0.3, -0.25) is 4.79 Å². The minimum atomic E-state index is -0.634. The molecule has 2 aromatic rings. The Morgan fingerprint density at radius 1 is 1.36 bits per heavy atom. The lowest BCUT2D eigenvalue weighted by Crippen LogP contribution is -2.36. The quantitative estimate of drug-likeness (QED) is 0.624. The highest BCUT2D eigenvalue weighted by Gasteiger charge is 2.28. The van der Waals surface area contributed by atoms with Crippen molar-refractivity contribution in [2.45, 2.75) is 0 Å². The number of esters is 1. The van der Waals surface area contributed by atoms with E-state index in [2.05, 4.69) is 4.98 Å². The predicted molar refractivity (Wildman–Crippen MR) is 78.6 cm³/mol. The molecule has 116 valence electrons. The summed E-state index contributed by atoms with van der Waals surface area (Å²) in [5, 5.41) is 0.610. The molecule has 0 bridgehead atoms. The molecular formula is C14H14N2O5S. The number of morpholine rings is 1. The molecule has 8 heteroatoms. The molecular weight excluding hydrogens is 308 g/mol. The summed E-state index contributed by atoms with van der Waals surface area (Å²) in [7, 11) is 1.26. The average molecular weight is 322 g/mol. The van der Waals surface area contributed by atoms with Crippen LogP contribution in [0.3, 0.4) is 0 Å². The molecule has 1 fully saturated rings. The molecule has 0 N–H and O–H groups in total. The molecule has 1 aliphatic rings. The summed E-state index contributed by atoms with van der Waals surface area (Å²) in [4.78, 5) is 30.9. The first-order chi connectivity index (χ1) is 10.7. The van der Waals surface area contributed by atoms with Gasteiger partial charge in [-0.25, -0.2) is 9.78 Å². The Hall–Kier alpha value is -2.19. The SMILES string of the molecule is COC(=O)c1nc(N2CCOCC2)sc1C(=O)c1ccco1. The minimum Gasteiger partial charge on any atom is -0.464 e. The van der Waals surface area contributed by atoms with Gasteiger partial charge in [0.05, 0.1) is 26.6 Å². The van der Waals surface area contributed by atoms with Crippen LogP contribution in [0.1, 0.15) is 25.9 Å². The minimum absolute atomic E-state index is 0.0235. The molecule has 0 saturated carbocycles. The number of ketones is 1. The fourth-order valence-corrected chi connectivity index (χ4v) is 3.16. The molecule has 2 aromatic heterocycles. The zero-order valence-electron chi connectivity index (χ0n) is 11.9. The normalized spacial score (nSPS) is 14.9. The first-order valence-corrected chi connectivity index (χ1v) is 7.52. The van der Waals surface area contributed by atoms with Crippen LogP contribution in [0.4, 0.5) is 5.13 Å². The highest BCUT2D eigenvalue weighted by atomic mass is 32.1. The van der Waals surface area contributed by atoms with E-state index in [1.54, 1.807) is 12.1 Å². The Bertz CT molecular complexity index is 673. The summed E-state index contributed by atoms with van der Waals surface area (Å²) in [5.41, 5.74) is 0.0235. The number of thiazole rings is 1. The Balaban J connectivity index is 1.97. The summed E-state index contributed by atoms with van der Waals surface area (Å²) in [6.45, 7) is 2.52. The smallest absolute Gasteiger partial charge is 0.358 e. The summed E-state index contributed by atoms with van der Waals surface area (Å²) in [5.74, 6) is -0.838. The number of carbonyl (C=O) groups is 2.